The van der Waals surface area contributed by atoms with Gasteiger partial charge in [0.2, 0.25) is 5.91 Å². The van der Waals surface area contributed by atoms with Crippen LogP contribution in [0.15, 0.2) is 97.2 Å². The third kappa shape index (κ3) is 53.6. The fraction of sp³-hybridized carbons (Fsp3) is 0.714. The van der Waals surface area contributed by atoms with Crippen molar-refractivity contribution < 1.29 is 37.3 Å². The van der Waals surface area contributed by atoms with Crippen LogP contribution in [0.2, 0.25) is 0 Å². The highest BCUT2D eigenvalue weighted by Gasteiger charge is 2.30. The van der Waals surface area contributed by atoms with Gasteiger partial charge in [0.1, 0.15) is 19.3 Å². The van der Waals surface area contributed by atoms with Crippen LogP contribution in [0.3, 0.4) is 0 Å². The maximum absolute atomic E-state index is 13.5. The molecule has 0 heterocycles. The van der Waals surface area contributed by atoms with E-state index in [-0.39, 0.29) is 37.9 Å². The van der Waals surface area contributed by atoms with Gasteiger partial charge in [-0.25, -0.2) is 4.57 Å². The first-order chi connectivity index (χ1) is 35.4. The zero-order chi connectivity index (χ0) is 53.6. The predicted molar refractivity (Wildman–Crippen MR) is 314 cm³/mol. The molecule has 0 saturated heterocycles. The van der Waals surface area contributed by atoms with Gasteiger partial charge in [-0.1, -0.05) is 247 Å². The number of ether oxygens (including phenoxy) is 1. The van der Waals surface area contributed by atoms with Crippen molar-refractivity contribution in [1.29, 1.82) is 0 Å². The van der Waals surface area contributed by atoms with E-state index < -0.39 is 20.0 Å². The number of phosphoric ester groups is 1. The number of nitrogens with zero attached hydrogens (tertiary/aromatic N) is 1. The highest BCUT2D eigenvalue weighted by atomic mass is 31.2. The molecule has 0 aliphatic heterocycles. The van der Waals surface area contributed by atoms with Gasteiger partial charge < -0.3 is 19.4 Å². The number of rotatable bonds is 52. The largest absolute Gasteiger partial charge is 0.472 e. The molecule has 0 rings (SSSR count). The highest BCUT2D eigenvalue weighted by Crippen LogP contribution is 2.43. The number of likely N-dealkylation sites (N-methyl/N-ethyl adjacent to an activating group) is 1. The van der Waals surface area contributed by atoms with Gasteiger partial charge in [-0.3, -0.25) is 18.6 Å². The quantitative estimate of drug-likeness (QED) is 0.0156. The van der Waals surface area contributed by atoms with Crippen LogP contribution >= 0.6 is 7.82 Å². The molecule has 3 atom stereocenters. The van der Waals surface area contributed by atoms with Crippen molar-refractivity contribution in [3.05, 3.63) is 97.2 Å². The standard InChI is InChI=1S/C63H111N2O7P/c1-7-10-13-16-19-22-25-27-29-31-32-34-36-38-41-44-47-50-53-56-63(67)72-61(54-51-48-45-42-39-24-21-18-15-12-9-3)60(59-71-73(68,69)70-58-57-65(4,5)6)64-62(66)55-52-49-46-43-40-37-35-33-30-28-26-23-20-17-14-11-8-2/h11,14,17,20,23,26-30,33,35,37,40,51,54,60-61H,7-10,12-13,15-16,18-19,21-22,24-25,31-32,34,36,38-39,41-50,52-53,55-59H2,1-6H3,(H-,64,66,68,69)/p+1/b14-11-,20-17+,26-23+,29-27+,30-28-,35-33+,40-37+,54-51+. The molecule has 10 heteroatoms. The minimum Gasteiger partial charge on any atom is -0.456 e. The minimum atomic E-state index is -4.46. The number of hydrogen-bond acceptors (Lipinski definition) is 6. The number of nitrogens with one attached hydrogen (secondary N) is 1. The molecule has 0 radical (unpaired) electrons. The number of quaternary nitrogens is 1. The van der Waals surface area contributed by atoms with Crippen molar-refractivity contribution in [2.24, 2.45) is 0 Å². The zero-order valence-corrected chi connectivity index (χ0v) is 48.7. The van der Waals surface area contributed by atoms with Crippen molar-refractivity contribution in [3.63, 3.8) is 0 Å². The van der Waals surface area contributed by atoms with Crippen LogP contribution in [0.25, 0.3) is 0 Å². The average Bonchev–Trinajstić information content (AvgIpc) is 3.35. The first kappa shape index (κ1) is 69.9. The summed E-state index contributed by atoms with van der Waals surface area (Å²) in [6.07, 6.45) is 69.8. The van der Waals surface area contributed by atoms with Crippen molar-refractivity contribution in [3.8, 4) is 0 Å². The van der Waals surface area contributed by atoms with E-state index in [1.807, 2.05) is 94.1 Å². The molecule has 0 aromatic rings. The van der Waals surface area contributed by atoms with E-state index in [2.05, 4.69) is 50.4 Å². The topological polar surface area (TPSA) is 111 Å². The van der Waals surface area contributed by atoms with Crippen LogP contribution in [-0.2, 0) is 27.9 Å². The van der Waals surface area contributed by atoms with Crippen LogP contribution in [0, 0.1) is 0 Å². The van der Waals surface area contributed by atoms with Crippen LogP contribution in [0.4, 0.5) is 0 Å². The lowest BCUT2D eigenvalue weighted by Crippen LogP contribution is -2.47. The number of carbonyl (C=O) groups is 2. The summed E-state index contributed by atoms with van der Waals surface area (Å²) in [4.78, 5) is 37.6. The van der Waals surface area contributed by atoms with E-state index in [0.717, 1.165) is 64.2 Å². The van der Waals surface area contributed by atoms with E-state index in [9.17, 15) is 19.0 Å². The molecule has 9 nitrogen and oxygen atoms in total. The third-order valence-electron chi connectivity index (χ3n) is 12.7. The van der Waals surface area contributed by atoms with Gasteiger partial charge in [-0.15, -0.1) is 0 Å². The van der Waals surface area contributed by atoms with Crippen molar-refractivity contribution in [2.75, 3.05) is 40.9 Å². The van der Waals surface area contributed by atoms with Gasteiger partial charge in [0.15, 0.2) is 0 Å². The lowest BCUT2D eigenvalue weighted by molar-refractivity contribution is -0.870. The molecule has 0 spiro atoms. The summed E-state index contributed by atoms with van der Waals surface area (Å²) in [5.74, 6) is -0.563. The molecule has 0 aromatic heterocycles. The molecule has 0 bridgehead atoms. The second-order valence-electron chi connectivity index (χ2n) is 20.9. The van der Waals surface area contributed by atoms with E-state index in [4.69, 9.17) is 13.8 Å². The summed E-state index contributed by atoms with van der Waals surface area (Å²) in [6, 6.07) is -0.877. The van der Waals surface area contributed by atoms with Gasteiger partial charge >= 0.3 is 13.8 Å². The number of hydrogen-bond donors (Lipinski definition) is 2. The lowest BCUT2D eigenvalue weighted by Gasteiger charge is -2.27. The van der Waals surface area contributed by atoms with Crippen LogP contribution < -0.4 is 5.32 Å². The molecule has 0 saturated carbocycles. The van der Waals surface area contributed by atoms with Crippen LogP contribution in [-0.4, -0.2) is 74.3 Å². The molecule has 0 aromatic carbocycles. The monoisotopic (exact) mass is 1040 g/mol. The number of esters is 1. The van der Waals surface area contributed by atoms with Gasteiger partial charge in [-0.05, 0) is 76.7 Å². The molecule has 0 fully saturated rings. The molecule has 3 unspecified atom stereocenters. The molecule has 420 valence electrons. The fourth-order valence-electron chi connectivity index (χ4n) is 8.08. The highest BCUT2D eigenvalue weighted by molar-refractivity contribution is 7.47. The number of allylic oxidation sites excluding steroid dienone is 15. The van der Waals surface area contributed by atoms with Crippen molar-refractivity contribution in [1.82, 2.24) is 5.32 Å². The van der Waals surface area contributed by atoms with Crippen molar-refractivity contribution in [2.45, 2.75) is 251 Å². The molecule has 1 amide bonds. The number of phosphoric acid groups is 1. The Morgan fingerprint density at radius 1 is 0.493 bits per heavy atom. The molecule has 0 aliphatic carbocycles. The van der Waals surface area contributed by atoms with E-state index in [0.29, 0.717) is 17.4 Å². The Kier molecular flexibility index (Phi) is 50.2. The summed E-state index contributed by atoms with van der Waals surface area (Å²) in [7, 11) is 1.45. The summed E-state index contributed by atoms with van der Waals surface area (Å²) in [6.45, 7) is 6.81. The Bertz CT molecular complexity index is 1570. The Morgan fingerprint density at radius 3 is 1.37 bits per heavy atom. The van der Waals surface area contributed by atoms with Crippen LogP contribution in [0.1, 0.15) is 239 Å². The van der Waals surface area contributed by atoms with Crippen molar-refractivity contribution >= 4 is 19.7 Å². The normalized spacial score (nSPS) is 14.5. The smallest absolute Gasteiger partial charge is 0.456 e. The van der Waals surface area contributed by atoms with E-state index in [1.165, 1.54) is 135 Å². The first-order valence-electron chi connectivity index (χ1n) is 29.6. The predicted octanol–water partition coefficient (Wildman–Crippen LogP) is 18.0. The number of unbranched alkanes of at least 4 members (excludes halogenated alkanes) is 27. The Balaban J connectivity index is 5.35. The Labute approximate surface area is 449 Å². The summed E-state index contributed by atoms with van der Waals surface area (Å²) in [5.41, 5.74) is 0. The third-order valence-corrected chi connectivity index (χ3v) is 13.7. The summed E-state index contributed by atoms with van der Waals surface area (Å²) in [5, 5.41) is 3.02. The maximum Gasteiger partial charge on any atom is 0.472 e. The molecular formula is C63H112N2O7P+. The maximum atomic E-state index is 13.5. The SMILES string of the molecule is CC\C=C/C=C/C=C/C=C\C=C\C=C\CCCCCC(=O)NC(COP(=O)(O)OCC[N+](C)(C)C)C(/C=C/CCCCCCCCCCC)OC(=O)CCCCCCCCCCC/C=C/CCCCCCCC. The Hall–Kier alpha value is -3.07. The second kappa shape index (κ2) is 52.4. The van der Waals surface area contributed by atoms with E-state index in [1.54, 1.807) is 0 Å². The van der Waals surface area contributed by atoms with Gasteiger partial charge in [0.05, 0.1) is 33.8 Å². The number of carbonyl (C=O) groups excluding carboxylic acids is 2. The van der Waals surface area contributed by atoms with Gasteiger partial charge in [0.25, 0.3) is 0 Å². The summed E-state index contributed by atoms with van der Waals surface area (Å²) >= 11 is 0. The molecule has 2 N–H and O–H groups in total. The Morgan fingerprint density at radius 2 is 0.890 bits per heavy atom. The number of amides is 1. The van der Waals surface area contributed by atoms with Gasteiger partial charge in [-0.2, -0.15) is 0 Å². The average molecular weight is 1040 g/mol. The molecule has 0 aliphatic rings. The minimum absolute atomic E-state index is 0.0262. The lowest BCUT2D eigenvalue weighted by atomic mass is 10.0. The molecular weight excluding hydrogens is 928 g/mol. The summed E-state index contributed by atoms with van der Waals surface area (Å²) < 4.78 is 30.6. The first-order valence-corrected chi connectivity index (χ1v) is 31.1. The fourth-order valence-corrected chi connectivity index (χ4v) is 8.82. The molecule has 73 heavy (non-hydrogen) atoms. The second-order valence-corrected chi connectivity index (χ2v) is 22.4. The van der Waals surface area contributed by atoms with Crippen LogP contribution in [0.5, 0.6) is 0 Å². The zero-order valence-electron chi connectivity index (χ0n) is 47.8. The van der Waals surface area contributed by atoms with Gasteiger partial charge in [0, 0.05) is 12.8 Å². The van der Waals surface area contributed by atoms with E-state index >= 15 is 0 Å².